The molecule has 1 aliphatic rings. The van der Waals surface area contributed by atoms with E-state index in [1.165, 1.54) is 29.3 Å². The second-order valence-corrected chi connectivity index (χ2v) is 5.62. The van der Waals surface area contributed by atoms with Gasteiger partial charge in [0.15, 0.2) is 0 Å². The van der Waals surface area contributed by atoms with Crippen LogP contribution in [0.1, 0.15) is 23.2 Å². The molecule has 0 saturated carbocycles. The van der Waals surface area contributed by atoms with Gasteiger partial charge in [0.25, 0.3) is 5.91 Å². The molecular formula is C17H16N4O3. The second kappa shape index (κ2) is 6.54. The lowest BCUT2D eigenvalue weighted by Gasteiger charge is -2.19. The summed E-state index contributed by atoms with van der Waals surface area (Å²) < 4.78 is 0. The van der Waals surface area contributed by atoms with Crippen LogP contribution >= 0.6 is 0 Å². The third-order valence-corrected chi connectivity index (χ3v) is 4.09. The number of amides is 2. The van der Waals surface area contributed by atoms with Crippen molar-refractivity contribution in [2.45, 2.75) is 18.9 Å². The van der Waals surface area contributed by atoms with E-state index >= 15 is 0 Å². The van der Waals surface area contributed by atoms with E-state index in [0.29, 0.717) is 29.4 Å². The number of nitrogens with one attached hydrogen (secondary N) is 1. The number of pyridine rings is 1. The van der Waals surface area contributed by atoms with E-state index < -0.39 is 11.9 Å². The number of hydrogen-bond donors (Lipinski definition) is 2. The van der Waals surface area contributed by atoms with Gasteiger partial charge in [0, 0.05) is 18.1 Å². The van der Waals surface area contributed by atoms with Gasteiger partial charge in [0.2, 0.25) is 5.91 Å². The third kappa shape index (κ3) is 2.99. The highest BCUT2D eigenvalue weighted by Crippen LogP contribution is 2.21. The fourth-order valence-electron chi connectivity index (χ4n) is 2.88. The monoisotopic (exact) mass is 324 g/mol. The minimum atomic E-state index is -0.422. The summed E-state index contributed by atoms with van der Waals surface area (Å²) in [5.41, 5.74) is 0.915. The van der Waals surface area contributed by atoms with Gasteiger partial charge in [-0.2, -0.15) is 5.26 Å². The Morgan fingerprint density at radius 2 is 2.25 bits per heavy atom. The van der Waals surface area contributed by atoms with Gasteiger partial charge in [0.05, 0.1) is 23.7 Å². The topological polar surface area (TPSA) is 106 Å². The zero-order chi connectivity index (χ0) is 17.1. The number of carbonyl (C=O) groups is 2. The molecule has 1 atom stereocenters. The number of phenolic OH excluding ortho intramolecular Hbond substituents is 1. The van der Waals surface area contributed by atoms with Gasteiger partial charge in [-0.15, -0.1) is 0 Å². The molecule has 7 heteroatoms. The molecule has 2 aromatic rings. The van der Waals surface area contributed by atoms with Crippen LogP contribution in [0.3, 0.4) is 0 Å². The van der Waals surface area contributed by atoms with Gasteiger partial charge in [-0.25, -0.2) is 0 Å². The largest absolute Gasteiger partial charge is 0.508 e. The first kappa shape index (κ1) is 15.7. The number of aromatic hydroxyl groups is 1. The minimum absolute atomic E-state index is 0.0366. The number of phenols is 1. The summed E-state index contributed by atoms with van der Waals surface area (Å²) in [5, 5.41) is 21.7. The van der Waals surface area contributed by atoms with Crippen molar-refractivity contribution in [3.8, 4) is 11.8 Å². The SMILES string of the molecule is N#CC1CCCN1C(=O)CNC(=O)c1ccnc2ccc(O)cc12. The van der Waals surface area contributed by atoms with Crippen LogP contribution in [0, 0.1) is 11.3 Å². The summed E-state index contributed by atoms with van der Waals surface area (Å²) in [6.45, 7) is 0.374. The molecule has 2 heterocycles. The summed E-state index contributed by atoms with van der Waals surface area (Å²) in [5.74, 6) is -0.655. The van der Waals surface area contributed by atoms with E-state index in [0.717, 1.165) is 6.42 Å². The summed E-state index contributed by atoms with van der Waals surface area (Å²) in [6.07, 6.45) is 2.97. The van der Waals surface area contributed by atoms with Crippen molar-refractivity contribution in [3.63, 3.8) is 0 Å². The molecule has 2 N–H and O–H groups in total. The van der Waals surface area contributed by atoms with Crippen LogP contribution in [0.15, 0.2) is 30.5 Å². The average molecular weight is 324 g/mol. The lowest BCUT2D eigenvalue weighted by molar-refractivity contribution is -0.130. The summed E-state index contributed by atoms with van der Waals surface area (Å²) >= 11 is 0. The van der Waals surface area contributed by atoms with E-state index in [2.05, 4.69) is 16.4 Å². The Bertz CT molecular complexity index is 843. The molecule has 1 aromatic carbocycles. The van der Waals surface area contributed by atoms with Crippen molar-refractivity contribution in [2.75, 3.05) is 13.1 Å². The number of benzene rings is 1. The molecule has 7 nitrogen and oxygen atoms in total. The zero-order valence-corrected chi connectivity index (χ0v) is 12.9. The van der Waals surface area contributed by atoms with Crippen molar-refractivity contribution < 1.29 is 14.7 Å². The van der Waals surface area contributed by atoms with Crippen LogP contribution in [0.5, 0.6) is 5.75 Å². The van der Waals surface area contributed by atoms with Gasteiger partial charge in [-0.1, -0.05) is 0 Å². The molecule has 0 spiro atoms. The first-order valence-electron chi connectivity index (χ1n) is 7.65. The normalized spacial score (nSPS) is 16.8. The summed E-state index contributed by atoms with van der Waals surface area (Å²) in [4.78, 5) is 30.2. The predicted molar refractivity (Wildman–Crippen MR) is 86.1 cm³/mol. The molecule has 0 radical (unpaired) electrons. The highest BCUT2D eigenvalue weighted by atomic mass is 16.3. The molecule has 1 unspecified atom stereocenters. The molecule has 1 aliphatic heterocycles. The Hall–Kier alpha value is -3.14. The molecule has 1 aromatic heterocycles. The van der Waals surface area contributed by atoms with Crippen molar-refractivity contribution >= 4 is 22.7 Å². The van der Waals surface area contributed by atoms with E-state index in [9.17, 15) is 14.7 Å². The van der Waals surface area contributed by atoms with Crippen LogP contribution in [-0.4, -0.2) is 45.9 Å². The van der Waals surface area contributed by atoms with E-state index in [1.807, 2.05) is 0 Å². The van der Waals surface area contributed by atoms with Gasteiger partial charge in [0.1, 0.15) is 11.8 Å². The summed E-state index contributed by atoms with van der Waals surface area (Å²) in [6, 6.07) is 7.81. The molecule has 1 saturated heterocycles. The number of fused-ring (bicyclic) bond motifs is 1. The van der Waals surface area contributed by atoms with Crippen LogP contribution in [-0.2, 0) is 4.79 Å². The molecule has 1 fully saturated rings. The van der Waals surface area contributed by atoms with Crippen molar-refractivity contribution in [3.05, 3.63) is 36.0 Å². The third-order valence-electron chi connectivity index (χ3n) is 4.09. The standard InChI is InChI=1S/C17H16N4O3/c18-9-11-2-1-7-21(11)16(23)10-20-17(24)13-5-6-19-15-4-3-12(22)8-14(13)15/h3-6,8,11,22H,1-2,7,10H2,(H,20,24). The fraction of sp³-hybridized carbons (Fsp3) is 0.294. The van der Waals surface area contributed by atoms with Crippen molar-refractivity contribution in [1.82, 2.24) is 15.2 Å². The molecule has 0 aliphatic carbocycles. The van der Waals surface area contributed by atoms with Gasteiger partial charge < -0.3 is 15.3 Å². The number of nitriles is 1. The number of nitrogens with zero attached hydrogens (tertiary/aromatic N) is 3. The molecular weight excluding hydrogens is 308 g/mol. The van der Waals surface area contributed by atoms with Crippen molar-refractivity contribution in [2.24, 2.45) is 0 Å². The zero-order valence-electron chi connectivity index (χ0n) is 12.9. The van der Waals surface area contributed by atoms with E-state index in [1.54, 1.807) is 6.07 Å². The first-order chi connectivity index (χ1) is 11.6. The molecule has 2 amide bonds. The maximum Gasteiger partial charge on any atom is 0.252 e. The predicted octanol–water partition coefficient (Wildman–Crippen LogP) is 1.18. The van der Waals surface area contributed by atoms with Gasteiger partial charge in [-0.05, 0) is 37.1 Å². The lowest BCUT2D eigenvalue weighted by Crippen LogP contribution is -2.42. The van der Waals surface area contributed by atoms with Crippen molar-refractivity contribution in [1.29, 1.82) is 5.26 Å². The minimum Gasteiger partial charge on any atom is -0.508 e. The van der Waals surface area contributed by atoms with Crippen LogP contribution < -0.4 is 5.32 Å². The number of carbonyl (C=O) groups excluding carboxylic acids is 2. The Kier molecular flexibility index (Phi) is 4.29. The second-order valence-electron chi connectivity index (χ2n) is 5.62. The Morgan fingerprint density at radius 3 is 3.04 bits per heavy atom. The Morgan fingerprint density at radius 1 is 1.42 bits per heavy atom. The molecule has 122 valence electrons. The molecule has 3 rings (SSSR count). The maximum atomic E-state index is 12.4. The van der Waals surface area contributed by atoms with Gasteiger partial charge in [-0.3, -0.25) is 14.6 Å². The van der Waals surface area contributed by atoms with E-state index in [-0.39, 0.29) is 18.2 Å². The maximum absolute atomic E-state index is 12.4. The van der Waals surface area contributed by atoms with Crippen LogP contribution in [0.4, 0.5) is 0 Å². The smallest absolute Gasteiger partial charge is 0.252 e. The number of likely N-dealkylation sites (tertiary alicyclic amines) is 1. The van der Waals surface area contributed by atoms with E-state index in [4.69, 9.17) is 5.26 Å². The highest BCUT2D eigenvalue weighted by Gasteiger charge is 2.28. The number of hydrogen-bond acceptors (Lipinski definition) is 5. The average Bonchev–Trinajstić information content (AvgIpc) is 3.07. The molecule has 24 heavy (non-hydrogen) atoms. The summed E-state index contributed by atoms with van der Waals surface area (Å²) in [7, 11) is 0. The first-order valence-corrected chi connectivity index (χ1v) is 7.65. The Labute approximate surface area is 138 Å². The number of rotatable bonds is 3. The Balaban J connectivity index is 1.73. The number of aromatic nitrogens is 1. The van der Waals surface area contributed by atoms with Gasteiger partial charge >= 0.3 is 0 Å². The molecule has 0 bridgehead atoms. The van der Waals surface area contributed by atoms with Crippen LogP contribution in [0.25, 0.3) is 10.9 Å². The van der Waals surface area contributed by atoms with Crippen LogP contribution in [0.2, 0.25) is 0 Å². The highest BCUT2D eigenvalue weighted by molar-refractivity contribution is 6.07. The fourth-order valence-corrected chi connectivity index (χ4v) is 2.88. The lowest BCUT2D eigenvalue weighted by atomic mass is 10.1. The quantitative estimate of drug-likeness (QED) is 0.882.